The first kappa shape index (κ1) is 15.9. The molecule has 3 N–H and O–H groups in total. The van der Waals surface area contributed by atoms with E-state index in [0.717, 1.165) is 6.42 Å². The van der Waals surface area contributed by atoms with Crippen LogP contribution in [0.3, 0.4) is 0 Å². The first-order valence-corrected chi connectivity index (χ1v) is 9.66. The van der Waals surface area contributed by atoms with Crippen molar-refractivity contribution in [3.63, 3.8) is 0 Å². The third kappa shape index (κ3) is 2.69. The van der Waals surface area contributed by atoms with Gasteiger partial charge in [-0.05, 0) is 12.1 Å². The van der Waals surface area contributed by atoms with Gasteiger partial charge in [-0.3, -0.25) is 9.78 Å². The van der Waals surface area contributed by atoms with Crippen molar-refractivity contribution < 1.29 is 14.7 Å². The van der Waals surface area contributed by atoms with Crippen molar-refractivity contribution in [1.29, 1.82) is 5.26 Å². The Bertz CT molecular complexity index is 674. The zero-order valence-electron chi connectivity index (χ0n) is 12.5. The molecule has 3 unspecified atom stereocenters. The topological polar surface area (TPSA) is 115 Å². The molecule has 0 aliphatic carbocycles. The summed E-state index contributed by atoms with van der Waals surface area (Å²) in [7, 11) is -2.18. The van der Waals surface area contributed by atoms with Crippen LogP contribution in [0.1, 0.15) is 24.1 Å². The van der Waals surface area contributed by atoms with Gasteiger partial charge in [-0.1, -0.05) is 0 Å². The van der Waals surface area contributed by atoms with E-state index in [1.165, 1.54) is 6.20 Å². The number of carbonyl (C=O) groups excluding carboxylic acids is 2. The van der Waals surface area contributed by atoms with E-state index in [1.807, 2.05) is 6.07 Å². The average molecular weight is 333 g/mol. The minimum absolute atomic E-state index is 0.0942. The molecule has 2 bridgehead atoms. The summed E-state index contributed by atoms with van der Waals surface area (Å²) in [6, 6.07) is 5.35. The average Bonchev–Trinajstić information content (AvgIpc) is 3.07. The summed E-state index contributed by atoms with van der Waals surface area (Å²) in [5.74, 6) is -0.641. The Morgan fingerprint density at radius 1 is 1.61 bits per heavy atom. The third-order valence-electron chi connectivity index (χ3n) is 4.86. The number of aromatic nitrogens is 1. The van der Waals surface area contributed by atoms with Crippen LogP contribution in [0.25, 0.3) is 0 Å². The molecule has 0 aromatic carbocycles. The lowest BCUT2D eigenvalue weighted by molar-refractivity contribution is -0.111. The summed E-state index contributed by atoms with van der Waals surface area (Å²) in [5.41, 5.74) is 0.640. The Balaban J connectivity index is 1.66. The van der Waals surface area contributed by atoms with Crippen molar-refractivity contribution in [3.8, 4) is 6.07 Å². The Morgan fingerprint density at radius 3 is 3.04 bits per heavy atom. The van der Waals surface area contributed by atoms with Gasteiger partial charge in [-0.15, -0.1) is 0 Å². The minimum atomic E-state index is -2.18. The molecule has 23 heavy (non-hydrogen) atoms. The zero-order valence-corrected chi connectivity index (χ0v) is 13.4. The highest BCUT2D eigenvalue weighted by atomic mass is 31.2. The fourth-order valence-corrected chi connectivity index (χ4v) is 8.25. The molecular formula is C15H18N4O3P+. The number of nitrogens with zero attached hydrogens (tertiary/aromatic N) is 2. The molecule has 2 amide bonds. The maximum atomic E-state index is 12.7. The first-order chi connectivity index (χ1) is 11.0. The van der Waals surface area contributed by atoms with E-state index in [4.69, 9.17) is 5.26 Å². The molecule has 3 atom stereocenters. The molecule has 3 heterocycles. The summed E-state index contributed by atoms with van der Waals surface area (Å²) in [5, 5.41) is 24.8. The fraction of sp³-hybridized carbons (Fsp3) is 0.467. The van der Waals surface area contributed by atoms with Crippen molar-refractivity contribution in [2.24, 2.45) is 0 Å². The van der Waals surface area contributed by atoms with Gasteiger partial charge in [0.1, 0.15) is 13.3 Å². The molecular weight excluding hydrogens is 315 g/mol. The van der Waals surface area contributed by atoms with Crippen molar-refractivity contribution in [2.75, 3.05) is 12.3 Å². The quantitative estimate of drug-likeness (QED) is 0.544. The monoisotopic (exact) mass is 333 g/mol. The normalized spacial score (nSPS) is 31.4. The first-order valence-electron chi connectivity index (χ1n) is 7.43. The highest BCUT2D eigenvalue weighted by Gasteiger charge is 2.70. The number of nitrogens with one attached hydrogen (secondary N) is 2. The van der Waals surface area contributed by atoms with E-state index in [0.29, 0.717) is 36.4 Å². The Kier molecular flexibility index (Phi) is 4.05. The van der Waals surface area contributed by atoms with Crippen molar-refractivity contribution in [3.05, 3.63) is 29.6 Å². The highest BCUT2D eigenvalue weighted by Crippen LogP contribution is 2.76. The SMILES string of the molecule is N#Cc1ccc(CNC(=O)[P+]23CCC(NC=O)(CC2O)C3)nc1. The van der Waals surface area contributed by atoms with E-state index in [2.05, 4.69) is 15.6 Å². The van der Waals surface area contributed by atoms with Crippen LogP contribution < -0.4 is 10.6 Å². The second-order valence-electron chi connectivity index (χ2n) is 6.20. The van der Waals surface area contributed by atoms with Crippen LogP contribution in [0.15, 0.2) is 18.3 Å². The van der Waals surface area contributed by atoms with Crippen molar-refractivity contribution in [2.45, 2.75) is 30.8 Å². The molecule has 3 rings (SSSR count). The number of hydrogen-bond acceptors (Lipinski definition) is 5. The number of aliphatic hydroxyl groups is 1. The van der Waals surface area contributed by atoms with Crippen molar-refractivity contribution >= 4 is 19.3 Å². The highest BCUT2D eigenvalue weighted by molar-refractivity contribution is 7.91. The van der Waals surface area contributed by atoms with Crippen LogP contribution in [0.2, 0.25) is 0 Å². The fourth-order valence-electron chi connectivity index (χ4n) is 3.59. The maximum absolute atomic E-state index is 12.7. The van der Waals surface area contributed by atoms with Crippen LogP contribution in [0.5, 0.6) is 0 Å². The second-order valence-corrected chi connectivity index (χ2v) is 10.0. The van der Waals surface area contributed by atoms with E-state index in [-0.39, 0.29) is 12.2 Å². The molecule has 2 aliphatic rings. The number of carbonyl (C=O) groups is 2. The lowest BCUT2D eigenvalue weighted by Crippen LogP contribution is -2.44. The van der Waals surface area contributed by atoms with Gasteiger partial charge in [0, 0.05) is 19.0 Å². The van der Waals surface area contributed by atoms with E-state index in [9.17, 15) is 14.7 Å². The zero-order chi connectivity index (χ0) is 16.5. The van der Waals surface area contributed by atoms with Crippen LogP contribution in [-0.2, 0) is 11.3 Å². The number of fused-ring (bicyclic) bond motifs is 2. The summed E-state index contributed by atoms with van der Waals surface area (Å²) in [6.45, 7) is 0.271. The number of hydrogen-bond donors (Lipinski definition) is 3. The molecule has 0 spiro atoms. The van der Waals surface area contributed by atoms with Gasteiger partial charge < -0.3 is 15.7 Å². The molecule has 2 aliphatic heterocycles. The molecule has 7 nitrogen and oxygen atoms in total. The smallest absolute Gasteiger partial charge is 0.359 e. The van der Waals surface area contributed by atoms with E-state index < -0.39 is 18.6 Å². The van der Waals surface area contributed by atoms with Crippen LogP contribution in [0.4, 0.5) is 4.79 Å². The molecule has 0 radical (unpaired) electrons. The number of pyridine rings is 1. The van der Waals surface area contributed by atoms with Gasteiger partial charge in [-0.2, -0.15) is 5.26 Å². The van der Waals surface area contributed by atoms with Gasteiger partial charge >= 0.3 is 5.65 Å². The maximum Gasteiger partial charge on any atom is 0.362 e. The Morgan fingerprint density at radius 2 is 2.43 bits per heavy atom. The van der Waals surface area contributed by atoms with Gasteiger partial charge in [0.15, 0.2) is 5.85 Å². The molecule has 2 saturated heterocycles. The van der Waals surface area contributed by atoms with Gasteiger partial charge in [0.05, 0.1) is 35.7 Å². The number of rotatable bonds is 5. The summed E-state index contributed by atoms with van der Waals surface area (Å²) in [4.78, 5) is 27.6. The summed E-state index contributed by atoms with van der Waals surface area (Å²) in [6.07, 6.45) is 4.58. The predicted octanol–water partition coefficient (Wildman–Crippen LogP) is 0.791. The molecule has 8 heteroatoms. The number of nitriles is 1. The Labute approximate surface area is 134 Å². The van der Waals surface area contributed by atoms with E-state index >= 15 is 0 Å². The standard InChI is InChI=1S/C15H17N4O3P/c16-6-11-1-2-12(17-7-11)8-18-14(22)23-4-3-15(9-23,19-10-20)5-13(23)21/h1-2,7,10,13,21H,3-5,8-9H2,(H-,18,19,20,22)/p+1. The molecule has 1 aromatic heterocycles. The summed E-state index contributed by atoms with van der Waals surface area (Å²) < 4.78 is 0. The minimum Gasteiger partial charge on any atom is -0.359 e. The van der Waals surface area contributed by atoms with Gasteiger partial charge in [0.2, 0.25) is 6.41 Å². The van der Waals surface area contributed by atoms with E-state index in [1.54, 1.807) is 12.1 Å². The van der Waals surface area contributed by atoms with Gasteiger partial charge in [-0.25, -0.2) is 4.79 Å². The lowest BCUT2D eigenvalue weighted by Gasteiger charge is -2.25. The molecule has 2 fully saturated rings. The Hall–Kier alpha value is -2.03. The molecule has 1 aromatic rings. The third-order valence-corrected chi connectivity index (χ3v) is 9.34. The number of amides is 2. The predicted molar refractivity (Wildman–Crippen MR) is 85.0 cm³/mol. The molecule has 120 valence electrons. The van der Waals surface area contributed by atoms with Crippen LogP contribution >= 0.6 is 7.26 Å². The molecule has 0 saturated carbocycles. The van der Waals surface area contributed by atoms with Crippen LogP contribution in [-0.4, -0.2) is 45.9 Å². The van der Waals surface area contributed by atoms with Crippen LogP contribution in [0, 0.1) is 11.3 Å². The van der Waals surface area contributed by atoms with Gasteiger partial charge in [0.25, 0.3) is 0 Å². The summed E-state index contributed by atoms with van der Waals surface area (Å²) >= 11 is 0. The largest absolute Gasteiger partial charge is 0.362 e. The lowest BCUT2D eigenvalue weighted by atomic mass is 9.95. The number of aliphatic hydroxyl groups excluding tert-OH is 1. The second kappa shape index (κ2) is 5.88. The van der Waals surface area contributed by atoms with Crippen molar-refractivity contribution in [1.82, 2.24) is 15.6 Å².